The molecule has 3 rings (SSSR count). The molecule has 1 heterocycles. The second kappa shape index (κ2) is 8.63. The van der Waals surface area contributed by atoms with Crippen LogP contribution in [0.5, 0.6) is 0 Å². The van der Waals surface area contributed by atoms with Gasteiger partial charge in [-0.2, -0.15) is 26.3 Å². The first-order chi connectivity index (χ1) is 15.6. The molecule has 0 bridgehead atoms. The van der Waals surface area contributed by atoms with Crippen LogP contribution in [0.1, 0.15) is 42.5 Å². The van der Waals surface area contributed by atoms with Gasteiger partial charge in [0, 0.05) is 17.9 Å². The first kappa shape index (κ1) is 25.6. The lowest BCUT2D eigenvalue weighted by atomic mass is 9.75. The minimum absolute atomic E-state index is 0.00431. The molecule has 0 radical (unpaired) electrons. The molecule has 0 aliphatic carbocycles. The number of carbonyl (C=O) groups excluding carboxylic acids is 2. The molecule has 184 valence electrons. The quantitative estimate of drug-likeness (QED) is 0.512. The Morgan fingerprint density at radius 3 is 1.97 bits per heavy atom. The molecule has 0 spiro atoms. The third-order valence-corrected chi connectivity index (χ3v) is 6.54. The minimum atomic E-state index is -5.04. The molecule has 1 aliphatic heterocycles. The number of hydrogen-bond donors (Lipinski definition) is 1. The van der Waals surface area contributed by atoms with Crippen molar-refractivity contribution in [3.8, 4) is 0 Å². The Hall–Kier alpha value is -3.04. The molecule has 1 aliphatic rings. The highest BCUT2D eigenvalue weighted by Crippen LogP contribution is 2.45. The normalized spacial score (nSPS) is 21.2. The van der Waals surface area contributed by atoms with E-state index < -0.39 is 46.4 Å². The Bertz CT molecular complexity index is 1070. The summed E-state index contributed by atoms with van der Waals surface area (Å²) in [4.78, 5) is 28.0. The zero-order chi connectivity index (χ0) is 25.6. The Morgan fingerprint density at radius 2 is 1.53 bits per heavy atom. The van der Waals surface area contributed by atoms with Crippen molar-refractivity contribution in [2.24, 2.45) is 11.3 Å². The highest BCUT2D eigenvalue weighted by atomic mass is 19.4. The van der Waals surface area contributed by atoms with Gasteiger partial charge >= 0.3 is 12.4 Å². The molecule has 34 heavy (non-hydrogen) atoms. The molecule has 1 fully saturated rings. The zero-order valence-corrected chi connectivity index (χ0v) is 19.0. The standard InChI is InChI=1S/C24H24F6N2O2/c1-5-22(12-32(20(33)15(22)4)19-13(2)7-6-8-14(19)3)21(34)31-18-10-16(23(25,26)27)9-17(11-18)24(28,29)30/h6-11,15H,5,12H2,1-4H3,(H,31,34)/t15-,22-/m1/s1. The van der Waals surface area contributed by atoms with E-state index in [1.807, 2.05) is 32.0 Å². The van der Waals surface area contributed by atoms with E-state index in [2.05, 4.69) is 5.32 Å². The summed E-state index contributed by atoms with van der Waals surface area (Å²) in [7, 11) is 0. The summed E-state index contributed by atoms with van der Waals surface area (Å²) in [6.07, 6.45) is -9.93. The van der Waals surface area contributed by atoms with Crippen molar-refractivity contribution in [2.75, 3.05) is 16.8 Å². The van der Waals surface area contributed by atoms with E-state index in [9.17, 15) is 35.9 Å². The third kappa shape index (κ3) is 4.50. The summed E-state index contributed by atoms with van der Waals surface area (Å²) in [5.41, 5.74) is -2.79. The summed E-state index contributed by atoms with van der Waals surface area (Å²) in [6, 6.07) is 6.36. The van der Waals surface area contributed by atoms with Crippen LogP contribution in [0.4, 0.5) is 37.7 Å². The van der Waals surface area contributed by atoms with E-state index in [0.29, 0.717) is 17.8 Å². The van der Waals surface area contributed by atoms with E-state index >= 15 is 0 Å². The monoisotopic (exact) mass is 486 g/mol. The predicted molar refractivity (Wildman–Crippen MR) is 115 cm³/mol. The highest BCUT2D eigenvalue weighted by molar-refractivity contribution is 6.07. The lowest BCUT2D eigenvalue weighted by molar-refractivity contribution is -0.143. The van der Waals surface area contributed by atoms with Crippen LogP contribution < -0.4 is 10.2 Å². The van der Waals surface area contributed by atoms with Gasteiger partial charge < -0.3 is 10.2 Å². The molecule has 10 heteroatoms. The van der Waals surface area contributed by atoms with Crippen molar-refractivity contribution < 1.29 is 35.9 Å². The fourth-order valence-electron chi connectivity index (χ4n) is 4.52. The Kier molecular flexibility index (Phi) is 6.49. The lowest BCUT2D eigenvalue weighted by Gasteiger charge is -2.30. The predicted octanol–water partition coefficient (Wildman–Crippen LogP) is 6.36. The average molecular weight is 486 g/mol. The summed E-state index contributed by atoms with van der Waals surface area (Å²) >= 11 is 0. The number of carbonyl (C=O) groups is 2. The number of rotatable bonds is 4. The van der Waals surface area contributed by atoms with Gasteiger partial charge in [-0.25, -0.2) is 0 Å². The number of para-hydroxylation sites is 1. The Labute approximate surface area is 192 Å². The topological polar surface area (TPSA) is 49.4 Å². The molecule has 1 N–H and O–H groups in total. The largest absolute Gasteiger partial charge is 0.416 e. The van der Waals surface area contributed by atoms with Crippen LogP contribution in [0.15, 0.2) is 36.4 Å². The maximum absolute atomic E-state index is 13.3. The fraction of sp³-hybridized carbons (Fsp3) is 0.417. The first-order valence-electron chi connectivity index (χ1n) is 10.6. The number of halogens is 6. The SMILES string of the molecule is CC[C@@]1(C(=O)Nc2cc(C(F)(F)F)cc(C(F)(F)F)c2)CN(c2c(C)cccc2C)C(=O)[C@H]1C. The third-order valence-electron chi connectivity index (χ3n) is 6.54. The minimum Gasteiger partial charge on any atom is -0.326 e. The van der Waals surface area contributed by atoms with E-state index in [4.69, 9.17) is 0 Å². The van der Waals surface area contributed by atoms with Gasteiger partial charge in [-0.3, -0.25) is 9.59 Å². The van der Waals surface area contributed by atoms with Crippen molar-refractivity contribution in [3.63, 3.8) is 0 Å². The van der Waals surface area contributed by atoms with E-state index in [1.54, 1.807) is 13.8 Å². The van der Waals surface area contributed by atoms with Crippen molar-refractivity contribution in [1.29, 1.82) is 0 Å². The molecule has 2 atom stereocenters. The molecular formula is C24H24F6N2O2. The van der Waals surface area contributed by atoms with Gasteiger partial charge in [-0.1, -0.05) is 32.0 Å². The van der Waals surface area contributed by atoms with Gasteiger partial charge in [0.1, 0.15) is 0 Å². The number of benzene rings is 2. The van der Waals surface area contributed by atoms with Gasteiger partial charge in [-0.05, 0) is 49.6 Å². The van der Waals surface area contributed by atoms with Crippen molar-refractivity contribution in [3.05, 3.63) is 58.7 Å². The molecule has 0 aromatic heterocycles. The Morgan fingerprint density at radius 1 is 1.03 bits per heavy atom. The number of hydrogen-bond acceptors (Lipinski definition) is 2. The van der Waals surface area contributed by atoms with E-state index in [0.717, 1.165) is 11.1 Å². The van der Waals surface area contributed by atoms with Crippen molar-refractivity contribution in [2.45, 2.75) is 46.5 Å². The van der Waals surface area contributed by atoms with Crippen LogP contribution in [-0.4, -0.2) is 18.4 Å². The van der Waals surface area contributed by atoms with E-state index in [-0.39, 0.29) is 24.9 Å². The molecule has 0 saturated carbocycles. The second-order valence-corrected chi connectivity index (χ2v) is 8.64. The van der Waals surface area contributed by atoms with Crippen molar-refractivity contribution >= 4 is 23.2 Å². The molecule has 2 aromatic carbocycles. The Balaban J connectivity index is 2.01. The van der Waals surface area contributed by atoms with Gasteiger partial charge in [0.05, 0.1) is 22.5 Å². The van der Waals surface area contributed by atoms with Crippen LogP contribution in [0.25, 0.3) is 0 Å². The molecule has 4 nitrogen and oxygen atoms in total. The molecule has 0 unspecified atom stereocenters. The van der Waals surface area contributed by atoms with Crippen LogP contribution in [0.3, 0.4) is 0 Å². The van der Waals surface area contributed by atoms with Crippen molar-refractivity contribution in [1.82, 2.24) is 0 Å². The molecule has 2 aromatic rings. The number of anilines is 2. The van der Waals surface area contributed by atoms with Gasteiger partial charge in [-0.15, -0.1) is 0 Å². The fourth-order valence-corrected chi connectivity index (χ4v) is 4.52. The number of amides is 2. The van der Waals surface area contributed by atoms with E-state index in [1.165, 1.54) is 4.90 Å². The highest BCUT2D eigenvalue weighted by Gasteiger charge is 2.54. The average Bonchev–Trinajstić information content (AvgIpc) is 2.98. The van der Waals surface area contributed by atoms with Crippen LogP contribution in [0, 0.1) is 25.2 Å². The van der Waals surface area contributed by atoms with Gasteiger partial charge in [0.25, 0.3) is 0 Å². The number of nitrogens with zero attached hydrogens (tertiary/aromatic N) is 1. The molecule has 2 amide bonds. The molecule has 1 saturated heterocycles. The zero-order valence-electron chi connectivity index (χ0n) is 19.0. The maximum Gasteiger partial charge on any atom is 0.416 e. The summed E-state index contributed by atoms with van der Waals surface area (Å²) in [5.74, 6) is -1.99. The van der Waals surface area contributed by atoms with Crippen LogP contribution in [-0.2, 0) is 21.9 Å². The van der Waals surface area contributed by atoms with Crippen LogP contribution >= 0.6 is 0 Å². The number of aryl methyl sites for hydroxylation is 2. The van der Waals surface area contributed by atoms with Gasteiger partial charge in [0.15, 0.2) is 0 Å². The number of nitrogens with one attached hydrogen (secondary N) is 1. The summed E-state index contributed by atoms with van der Waals surface area (Å²) < 4.78 is 79.3. The lowest BCUT2D eigenvalue weighted by Crippen LogP contribution is -2.42. The maximum atomic E-state index is 13.3. The van der Waals surface area contributed by atoms with Gasteiger partial charge in [0.2, 0.25) is 11.8 Å². The van der Waals surface area contributed by atoms with Crippen LogP contribution in [0.2, 0.25) is 0 Å². The number of alkyl halides is 6. The first-order valence-corrected chi connectivity index (χ1v) is 10.6. The summed E-state index contributed by atoms with van der Waals surface area (Å²) in [6.45, 7) is 6.78. The summed E-state index contributed by atoms with van der Waals surface area (Å²) in [5, 5.41) is 2.24. The second-order valence-electron chi connectivity index (χ2n) is 8.64. The smallest absolute Gasteiger partial charge is 0.326 e. The molecular weight excluding hydrogens is 462 g/mol.